The van der Waals surface area contributed by atoms with Crippen LogP contribution in [-0.2, 0) is 11.2 Å². The number of hydrogen-bond donors (Lipinski definition) is 2. The molecule has 1 heterocycles. The van der Waals surface area contributed by atoms with Crippen molar-refractivity contribution in [1.29, 1.82) is 0 Å². The number of piperidine rings is 1. The predicted molar refractivity (Wildman–Crippen MR) is 111 cm³/mol. The number of carbonyl (C=O) groups is 2. The number of hydrogen-bond acceptors (Lipinski definition) is 3. The summed E-state index contributed by atoms with van der Waals surface area (Å²) in [4.78, 5) is 27.0. The maximum absolute atomic E-state index is 13.8. The molecule has 2 atom stereocenters. The number of amides is 2. The Balaban J connectivity index is 1.54. The number of nitrogens with one attached hydrogen (secondary N) is 1. The largest absolute Gasteiger partial charge is 0.350 e. The summed E-state index contributed by atoms with van der Waals surface area (Å²) in [7, 11) is 0. The summed E-state index contributed by atoms with van der Waals surface area (Å²) in [6.45, 7) is 1.08. The van der Waals surface area contributed by atoms with Crippen molar-refractivity contribution in [2.24, 2.45) is 5.73 Å². The first-order valence-corrected chi connectivity index (χ1v) is 10.2. The summed E-state index contributed by atoms with van der Waals surface area (Å²) in [5, 5.41) is 2.94. The summed E-state index contributed by atoms with van der Waals surface area (Å²) in [5.74, 6) is -0.470. The zero-order valence-electron chi connectivity index (χ0n) is 16.5. The first-order valence-electron chi connectivity index (χ1n) is 10.2. The van der Waals surface area contributed by atoms with Crippen LogP contribution in [-0.4, -0.2) is 41.9 Å². The van der Waals surface area contributed by atoms with E-state index in [-0.39, 0.29) is 30.1 Å². The Bertz CT molecular complexity index is 828. The fourth-order valence-corrected chi connectivity index (χ4v) is 3.80. The smallest absolute Gasteiger partial charge is 0.251 e. The first kappa shape index (κ1) is 21.0. The molecule has 0 aromatic heterocycles. The molecular formula is C23H28FN3O2. The predicted octanol–water partition coefficient (Wildman–Crippen LogP) is 2.90. The van der Waals surface area contributed by atoms with E-state index in [2.05, 4.69) is 5.32 Å². The van der Waals surface area contributed by atoms with Gasteiger partial charge >= 0.3 is 0 Å². The minimum atomic E-state index is -0.444. The number of halogens is 1. The molecule has 0 spiro atoms. The molecule has 1 saturated heterocycles. The summed E-state index contributed by atoms with van der Waals surface area (Å²) >= 11 is 0. The molecule has 29 heavy (non-hydrogen) atoms. The number of carbonyl (C=O) groups excluding carboxylic acids is 2. The first-order chi connectivity index (χ1) is 14.0. The van der Waals surface area contributed by atoms with Crippen LogP contribution in [0.15, 0.2) is 54.6 Å². The molecule has 1 aliphatic rings. The lowest BCUT2D eigenvalue weighted by Crippen LogP contribution is -2.50. The maximum atomic E-state index is 13.8. The third-order valence-electron chi connectivity index (χ3n) is 5.36. The Hall–Kier alpha value is -2.73. The molecule has 0 unspecified atom stereocenters. The summed E-state index contributed by atoms with van der Waals surface area (Å²) in [6.07, 6.45) is 3.30. The van der Waals surface area contributed by atoms with Gasteiger partial charge in [0, 0.05) is 37.2 Å². The Morgan fingerprint density at radius 1 is 1.10 bits per heavy atom. The Morgan fingerprint density at radius 3 is 2.59 bits per heavy atom. The van der Waals surface area contributed by atoms with E-state index in [0.29, 0.717) is 30.6 Å². The number of nitrogens with zero attached hydrogens (tertiary/aromatic N) is 1. The SMILES string of the molecule is N[C@@H](CC(=O)N1CCCC[C@H]1CNC(=O)c1ccccc1)Cc1ccccc1F. The molecule has 1 fully saturated rings. The second-order valence-corrected chi connectivity index (χ2v) is 7.57. The highest BCUT2D eigenvalue weighted by atomic mass is 19.1. The highest BCUT2D eigenvalue weighted by Gasteiger charge is 2.28. The quantitative estimate of drug-likeness (QED) is 0.754. The molecule has 6 heteroatoms. The molecule has 0 saturated carbocycles. The van der Waals surface area contributed by atoms with Crippen LogP contribution in [0.2, 0.25) is 0 Å². The molecule has 0 radical (unpaired) electrons. The molecule has 0 bridgehead atoms. The standard InChI is InChI=1S/C23H28FN3O2/c24-21-12-5-4-10-18(21)14-19(25)15-22(28)27-13-7-6-11-20(27)16-26-23(29)17-8-2-1-3-9-17/h1-5,8-10,12,19-20H,6-7,11,13-16,25H2,(H,26,29)/t19-,20+/m1/s1. The van der Waals surface area contributed by atoms with Gasteiger partial charge in [-0.3, -0.25) is 9.59 Å². The van der Waals surface area contributed by atoms with Crippen molar-refractivity contribution in [2.75, 3.05) is 13.1 Å². The van der Waals surface area contributed by atoms with Crippen LogP contribution in [0.5, 0.6) is 0 Å². The second kappa shape index (κ2) is 10.2. The third kappa shape index (κ3) is 5.87. The minimum Gasteiger partial charge on any atom is -0.350 e. The van der Waals surface area contributed by atoms with E-state index in [1.165, 1.54) is 6.07 Å². The molecule has 0 aliphatic carbocycles. The number of rotatable bonds is 7. The van der Waals surface area contributed by atoms with Gasteiger partial charge in [-0.05, 0) is 49.4 Å². The fraction of sp³-hybridized carbons (Fsp3) is 0.391. The molecule has 3 N–H and O–H groups in total. The van der Waals surface area contributed by atoms with E-state index in [0.717, 1.165) is 19.3 Å². The van der Waals surface area contributed by atoms with Crippen LogP contribution < -0.4 is 11.1 Å². The van der Waals surface area contributed by atoms with E-state index in [1.807, 2.05) is 23.1 Å². The molecule has 1 aliphatic heterocycles. The van der Waals surface area contributed by atoms with Crippen LogP contribution >= 0.6 is 0 Å². The molecule has 3 rings (SSSR count). The van der Waals surface area contributed by atoms with Crippen LogP contribution in [0.4, 0.5) is 4.39 Å². The lowest BCUT2D eigenvalue weighted by atomic mass is 9.99. The molecule has 2 aromatic carbocycles. The normalized spacial score (nSPS) is 17.6. The van der Waals surface area contributed by atoms with Crippen LogP contribution in [0.3, 0.4) is 0 Å². The second-order valence-electron chi connectivity index (χ2n) is 7.57. The van der Waals surface area contributed by atoms with Crippen LogP contribution in [0.1, 0.15) is 41.6 Å². The van der Waals surface area contributed by atoms with Crippen molar-refractivity contribution < 1.29 is 14.0 Å². The number of likely N-dealkylation sites (tertiary alicyclic amines) is 1. The van der Waals surface area contributed by atoms with Gasteiger partial charge in [-0.2, -0.15) is 0 Å². The van der Waals surface area contributed by atoms with Crippen molar-refractivity contribution in [3.05, 3.63) is 71.5 Å². The van der Waals surface area contributed by atoms with Crippen molar-refractivity contribution in [2.45, 2.75) is 44.2 Å². The topological polar surface area (TPSA) is 75.4 Å². The Morgan fingerprint density at radius 2 is 1.83 bits per heavy atom. The van der Waals surface area contributed by atoms with E-state index in [4.69, 9.17) is 5.73 Å². The average Bonchev–Trinajstić information content (AvgIpc) is 2.74. The highest BCUT2D eigenvalue weighted by molar-refractivity contribution is 5.94. The monoisotopic (exact) mass is 397 g/mol. The van der Waals surface area contributed by atoms with Gasteiger partial charge in [0.2, 0.25) is 5.91 Å². The summed E-state index contributed by atoms with van der Waals surface area (Å²) in [6, 6.07) is 15.1. The Labute approximate surface area is 171 Å². The average molecular weight is 397 g/mol. The minimum absolute atomic E-state index is 0.0347. The van der Waals surface area contributed by atoms with Crippen molar-refractivity contribution in [3.8, 4) is 0 Å². The van der Waals surface area contributed by atoms with Gasteiger partial charge in [-0.1, -0.05) is 36.4 Å². The Kier molecular flexibility index (Phi) is 7.36. The van der Waals surface area contributed by atoms with Crippen molar-refractivity contribution >= 4 is 11.8 Å². The lowest BCUT2D eigenvalue weighted by molar-refractivity contribution is -0.135. The summed E-state index contributed by atoms with van der Waals surface area (Å²) in [5.41, 5.74) is 7.27. The van der Waals surface area contributed by atoms with Gasteiger partial charge in [0.05, 0.1) is 0 Å². The van der Waals surface area contributed by atoms with Gasteiger partial charge in [0.1, 0.15) is 5.82 Å². The van der Waals surface area contributed by atoms with Gasteiger partial charge in [0.15, 0.2) is 0 Å². The highest BCUT2D eigenvalue weighted by Crippen LogP contribution is 2.19. The fourth-order valence-electron chi connectivity index (χ4n) is 3.80. The van der Waals surface area contributed by atoms with Crippen LogP contribution in [0.25, 0.3) is 0 Å². The third-order valence-corrected chi connectivity index (χ3v) is 5.36. The lowest BCUT2D eigenvalue weighted by Gasteiger charge is -2.36. The maximum Gasteiger partial charge on any atom is 0.251 e. The van der Waals surface area contributed by atoms with Gasteiger partial charge < -0.3 is 16.0 Å². The molecular weight excluding hydrogens is 369 g/mol. The van der Waals surface area contributed by atoms with Gasteiger partial charge in [-0.15, -0.1) is 0 Å². The van der Waals surface area contributed by atoms with E-state index >= 15 is 0 Å². The van der Waals surface area contributed by atoms with E-state index in [9.17, 15) is 14.0 Å². The molecule has 5 nitrogen and oxygen atoms in total. The number of nitrogens with two attached hydrogens (primary N) is 1. The zero-order chi connectivity index (χ0) is 20.6. The summed E-state index contributed by atoms with van der Waals surface area (Å²) < 4.78 is 13.8. The molecule has 2 aromatic rings. The van der Waals surface area contributed by atoms with E-state index in [1.54, 1.807) is 30.3 Å². The van der Waals surface area contributed by atoms with Gasteiger partial charge in [0.25, 0.3) is 5.91 Å². The molecule has 2 amide bonds. The van der Waals surface area contributed by atoms with Crippen LogP contribution in [0, 0.1) is 5.82 Å². The van der Waals surface area contributed by atoms with Crippen molar-refractivity contribution in [1.82, 2.24) is 10.2 Å². The number of benzene rings is 2. The van der Waals surface area contributed by atoms with Gasteiger partial charge in [-0.25, -0.2) is 4.39 Å². The molecule has 154 valence electrons. The van der Waals surface area contributed by atoms with Crippen molar-refractivity contribution in [3.63, 3.8) is 0 Å². The van der Waals surface area contributed by atoms with E-state index < -0.39 is 6.04 Å². The zero-order valence-corrected chi connectivity index (χ0v) is 16.5.